The van der Waals surface area contributed by atoms with Gasteiger partial charge >= 0.3 is 0 Å². The summed E-state index contributed by atoms with van der Waals surface area (Å²) in [5.74, 6) is -0.713. The maximum Gasteiger partial charge on any atom is 0.264 e. The minimum atomic E-state index is -3.94. The number of sulfonamides is 1. The molecule has 7 nitrogen and oxygen atoms in total. The number of carbonyl (C=O) groups excluding carboxylic acids is 2. The molecule has 9 heteroatoms. The van der Waals surface area contributed by atoms with E-state index in [1.807, 2.05) is 37.3 Å². The number of halogens is 1. The second-order valence-corrected chi connectivity index (χ2v) is 12.4. The number of hydrogen-bond donors (Lipinski definition) is 2. The third-order valence-electron chi connectivity index (χ3n) is 7.03. The van der Waals surface area contributed by atoms with Gasteiger partial charge in [0.05, 0.1) is 28.4 Å². The molecule has 0 heterocycles. The first-order valence-corrected chi connectivity index (χ1v) is 15.7. The van der Waals surface area contributed by atoms with Crippen molar-refractivity contribution >= 4 is 44.8 Å². The molecule has 0 unspecified atom stereocenters. The maximum absolute atomic E-state index is 13.8. The summed E-state index contributed by atoms with van der Waals surface area (Å²) in [6.07, 6.45) is 0. The highest BCUT2D eigenvalue weighted by atomic mass is 35.5. The van der Waals surface area contributed by atoms with Gasteiger partial charge in [0.25, 0.3) is 21.8 Å². The minimum Gasteiger partial charge on any atom is -0.348 e. The molecule has 5 rings (SSSR count). The highest BCUT2D eigenvalue weighted by molar-refractivity contribution is 7.92. The largest absolute Gasteiger partial charge is 0.348 e. The summed E-state index contributed by atoms with van der Waals surface area (Å²) in [5.41, 5.74) is 3.91. The lowest BCUT2D eigenvalue weighted by molar-refractivity contribution is 0.0951. The standard InChI is InChI=1S/C35H30ClN3O4S/c1-25-16-21-29(36)22-33(25)39(44(42,43)30-12-6-3-7-13-30)24-27-17-19-28(20-18-27)34(40)38-32-15-9-8-14-31(32)35(41)37-23-26-10-4-2-5-11-26/h2-22H,23-24H2,1H3,(H,37,41)(H,38,40). The van der Waals surface area contributed by atoms with E-state index >= 15 is 0 Å². The zero-order chi connectivity index (χ0) is 31.1. The molecule has 222 valence electrons. The molecule has 0 saturated carbocycles. The molecule has 0 aliphatic rings. The molecule has 2 amide bonds. The first-order chi connectivity index (χ1) is 21.2. The number of hydrogen-bond acceptors (Lipinski definition) is 4. The molecule has 0 atom stereocenters. The number of amides is 2. The number of rotatable bonds is 10. The number of anilines is 2. The highest BCUT2D eigenvalue weighted by Gasteiger charge is 2.27. The first-order valence-electron chi connectivity index (χ1n) is 13.9. The van der Waals surface area contributed by atoms with Crippen LogP contribution in [-0.2, 0) is 23.1 Å². The van der Waals surface area contributed by atoms with E-state index in [1.165, 1.54) is 4.31 Å². The SMILES string of the molecule is Cc1ccc(Cl)cc1N(Cc1ccc(C(=O)Nc2ccccc2C(=O)NCc2ccccc2)cc1)S(=O)(=O)c1ccccc1. The van der Waals surface area contributed by atoms with Crippen molar-refractivity contribution < 1.29 is 18.0 Å². The highest BCUT2D eigenvalue weighted by Crippen LogP contribution is 2.31. The lowest BCUT2D eigenvalue weighted by atomic mass is 10.1. The molecule has 0 bridgehead atoms. The van der Waals surface area contributed by atoms with E-state index in [4.69, 9.17) is 11.6 Å². The van der Waals surface area contributed by atoms with Gasteiger partial charge in [-0.25, -0.2) is 8.42 Å². The van der Waals surface area contributed by atoms with E-state index in [0.717, 1.165) is 11.1 Å². The third-order valence-corrected chi connectivity index (χ3v) is 9.04. The zero-order valence-corrected chi connectivity index (χ0v) is 25.5. The molecule has 5 aromatic rings. The zero-order valence-electron chi connectivity index (χ0n) is 23.9. The predicted octanol–water partition coefficient (Wildman–Crippen LogP) is 7.23. The van der Waals surface area contributed by atoms with E-state index in [-0.39, 0.29) is 17.3 Å². The van der Waals surface area contributed by atoms with Gasteiger partial charge in [0, 0.05) is 17.1 Å². The third kappa shape index (κ3) is 7.16. The molecule has 0 aromatic heterocycles. The second kappa shape index (κ2) is 13.6. The van der Waals surface area contributed by atoms with Gasteiger partial charge in [0.2, 0.25) is 0 Å². The number of benzene rings is 5. The maximum atomic E-state index is 13.8. The fraction of sp³-hybridized carbons (Fsp3) is 0.0857. The summed E-state index contributed by atoms with van der Waals surface area (Å²) in [5, 5.41) is 6.13. The summed E-state index contributed by atoms with van der Waals surface area (Å²) in [6.45, 7) is 2.20. The summed E-state index contributed by atoms with van der Waals surface area (Å²) in [4.78, 5) is 26.3. The molecule has 5 aromatic carbocycles. The lowest BCUT2D eigenvalue weighted by Crippen LogP contribution is -2.31. The normalized spacial score (nSPS) is 11.0. The summed E-state index contributed by atoms with van der Waals surface area (Å²) >= 11 is 6.27. The van der Waals surface area contributed by atoms with Crippen LogP contribution in [0.5, 0.6) is 0 Å². The Labute approximate surface area is 262 Å². The van der Waals surface area contributed by atoms with Crippen LogP contribution in [0.1, 0.15) is 37.4 Å². The van der Waals surface area contributed by atoms with Crippen LogP contribution in [0.3, 0.4) is 0 Å². The van der Waals surface area contributed by atoms with E-state index in [1.54, 1.807) is 97.1 Å². The fourth-order valence-electron chi connectivity index (χ4n) is 4.66. The van der Waals surface area contributed by atoms with Crippen LogP contribution < -0.4 is 14.9 Å². The predicted molar refractivity (Wildman–Crippen MR) is 174 cm³/mol. The number of nitrogens with zero attached hydrogens (tertiary/aromatic N) is 1. The van der Waals surface area contributed by atoms with E-state index in [0.29, 0.717) is 39.6 Å². The molecule has 0 aliphatic heterocycles. The van der Waals surface area contributed by atoms with Gasteiger partial charge in [-0.2, -0.15) is 0 Å². The molecule has 0 fully saturated rings. The molecule has 0 spiro atoms. The van der Waals surface area contributed by atoms with Gasteiger partial charge in [-0.15, -0.1) is 0 Å². The van der Waals surface area contributed by atoms with Crippen LogP contribution in [0.25, 0.3) is 0 Å². The molecule has 44 heavy (non-hydrogen) atoms. The summed E-state index contributed by atoms with van der Waals surface area (Å²) in [6, 6.07) is 36.4. The van der Waals surface area contributed by atoms with Crippen LogP contribution in [0, 0.1) is 6.92 Å². The van der Waals surface area contributed by atoms with Gasteiger partial charge in [-0.05, 0) is 72.1 Å². The minimum absolute atomic E-state index is 0.0186. The Bertz CT molecular complexity index is 1880. The number of carbonyl (C=O) groups is 2. The quantitative estimate of drug-likeness (QED) is 0.172. The van der Waals surface area contributed by atoms with Gasteiger partial charge in [0.15, 0.2) is 0 Å². The van der Waals surface area contributed by atoms with Gasteiger partial charge in [-0.1, -0.05) is 90.5 Å². The van der Waals surface area contributed by atoms with Crippen molar-refractivity contribution in [1.82, 2.24) is 5.32 Å². The summed E-state index contributed by atoms with van der Waals surface area (Å²) < 4.78 is 28.9. The second-order valence-electron chi connectivity index (χ2n) is 10.1. The Morgan fingerprint density at radius 1 is 0.727 bits per heavy atom. The molecular formula is C35H30ClN3O4S. The van der Waals surface area contributed by atoms with Crippen molar-refractivity contribution in [3.8, 4) is 0 Å². The van der Waals surface area contributed by atoms with Gasteiger partial charge in [0.1, 0.15) is 0 Å². The van der Waals surface area contributed by atoms with Crippen LogP contribution in [0.15, 0.2) is 132 Å². The van der Waals surface area contributed by atoms with Gasteiger partial charge < -0.3 is 10.6 Å². The van der Waals surface area contributed by atoms with E-state index in [9.17, 15) is 18.0 Å². The number of para-hydroxylation sites is 1. The van der Waals surface area contributed by atoms with E-state index < -0.39 is 15.9 Å². The summed E-state index contributed by atoms with van der Waals surface area (Å²) in [7, 11) is -3.94. The molecule has 2 N–H and O–H groups in total. The Balaban J connectivity index is 1.34. The average Bonchev–Trinajstić information content (AvgIpc) is 3.05. The molecular weight excluding hydrogens is 594 g/mol. The Kier molecular flexibility index (Phi) is 9.43. The van der Waals surface area contributed by atoms with Crippen molar-refractivity contribution in [2.75, 3.05) is 9.62 Å². The Morgan fingerprint density at radius 3 is 2.07 bits per heavy atom. The van der Waals surface area contributed by atoms with Gasteiger partial charge in [-0.3, -0.25) is 13.9 Å². The van der Waals surface area contributed by atoms with Crippen LogP contribution >= 0.6 is 11.6 Å². The lowest BCUT2D eigenvalue weighted by Gasteiger charge is -2.26. The Morgan fingerprint density at radius 2 is 1.36 bits per heavy atom. The Hall–Kier alpha value is -4.92. The van der Waals surface area contributed by atoms with E-state index in [2.05, 4.69) is 10.6 Å². The van der Waals surface area contributed by atoms with Crippen LogP contribution in [0.2, 0.25) is 5.02 Å². The van der Waals surface area contributed by atoms with Crippen molar-refractivity contribution in [2.45, 2.75) is 24.9 Å². The monoisotopic (exact) mass is 623 g/mol. The van der Waals surface area contributed by atoms with Crippen molar-refractivity contribution in [2.24, 2.45) is 0 Å². The van der Waals surface area contributed by atoms with Crippen molar-refractivity contribution in [3.05, 3.63) is 160 Å². The van der Waals surface area contributed by atoms with Crippen LogP contribution in [0.4, 0.5) is 11.4 Å². The number of aryl methyl sites for hydroxylation is 1. The molecule has 0 radical (unpaired) electrons. The fourth-order valence-corrected chi connectivity index (χ4v) is 6.35. The smallest absolute Gasteiger partial charge is 0.264 e. The number of nitrogens with one attached hydrogen (secondary N) is 2. The topological polar surface area (TPSA) is 95.6 Å². The van der Waals surface area contributed by atoms with Crippen molar-refractivity contribution in [1.29, 1.82) is 0 Å². The van der Waals surface area contributed by atoms with Crippen LogP contribution in [-0.4, -0.2) is 20.2 Å². The molecule has 0 saturated heterocycles. The molecule has 0 aliphatic carbocycles. The first kappa shape index (κ1) is 30.5. The van der Waals surface area contributed by atoms with Crippen molar-refractivity contribution in [3.63, 3.8) is 0 Å². The average molecular weight is 624 g/mol.